The van der Waals surface area contributed by atoms with Crippen molar-refractivity contribution in [2.75, 3.05) is 6.54 Å². The highest BCUT2D eigenvalue weighted by molar-refractivity contribution is 5.79. The highest BCUT2D eigenvalue weighted by atomic mass is 19.4. The quantitative estimate of drug-likeness (QED) is 0.753. The van der Waals surface area contributed by atoms with Gasteiger partial charge in [-0.1, -0.05) is 33.1 Å². The molecule has 0 aliphatic rings. The number of carbonyl (C=O) groups excluding carboxylic acids is 1. The van der Waals surface area contributed by atoms with E-state index in [4.69, 9.17) is 0 Å². The van der Waals surface area contributed by atoms with Crippen LogP contribution in [0, 0.1) is 19.8 Å². The van der Waals surface area contributed by atoms with E-state index in [2.05, 4.69) is 34.2 Å². The van der Waals surface area contributed by atoms with Gasteiger partial charge in [0.25, 0.3) is 11.6 Å². The van der Waals surface area contributed by atoms with E-state index in [-0.39, 0.29) is 18.1 Å². The Kier molecular flexibility index (Phi) is 6.78. The van der Waals surface area contributed by atoms with Crippen molar-refractivity contribution in [3.8, 4) is 0 Å². The molecule has 0 radical (unpaired) electrons. The van der Waals surface area contributed by atoms with Crippen LogP contribution in [0.2, 0.25) is 0 Å². The molecule has 2 aromatic heterocycles. The summed E-state index contributed by atoms with van der Waals surface area (Å²) < 4.78 is 39.6. The van der Waals surface area contributed by atoms with Gasteiger partial charge in [0.2, 0.25) is 5.91 Å². The van der Waals surface area contributed by atoms with Gasteiger partial charge in [0.1, 0.15) is 0 Å². The predicted octanol–water partition coefficient (Wildman–Crippen LogP) is 3.64. The number of hydrogen-bond acceptors (Lipinski definition) is 4. The first-order valence-electron chi connectivity index (χ1n) is 9.24. The highest BCUT2D eigenvalue weighted by Crippen LogP contribution is 2.27. The minimum Gasteiger partial charge on any atom is -0.356 e. The number of nitrogens with one attached hydrogen (secondary N) is 1. The molecule has 0 bridgehead atoms. The number of hydrogen-bond donors (Lipinski definition) is 1. The van der Waals surface area contributed by atoms with E-state index in [9.17, 15) is 18.0 Å². The maximum Gasteiger partial charge on any atom is 0.453 e. The lowest BCUT2D eigenvalue weighted by atomic mass is 9.99. The second-order valence-electron chi connectivity index (χ2n) is 6.80. The van der Waals surface area contributed by atoms with Crippen molar-refractivity contribution in [3.05, 3.63) is 22.8 Å². The fourth-order valence-corrected chi connectivity index (χ4v) is 3.01. The summed E-state index contributed by atoms with van der Waals surface area (Å²) in [5.41, 5.74) is 1.49. The van der Waals surface area contributed by atoms with Crippen molar-refractivity contribution in [2.24, 2.45) is 5.92 Å². The number of fused-ring (bicyclic) bond motifs is 1. The van der Waals surface area contributed by atoms with E-state index in [1.807, 2.05) is 0 Å². The van der Waals surface area contributed by atoms with Gasteiger partial charge in [0, 0.05) is 23.5 Å². The minimum atomic E-state index is -4.64. The van der Waals surface area contributed by atoms with Crippen LogP contribution < -0.4 is 5.32 Å². The second kappa shape index (κ2) is 8.67. The molecule has 1 N–H and O–H groups in total. The van der Waals surface area contributed by atoms with E-state index in [0.29, 0.717) is 29.4 Å². The van der Waals surface area contributed by atoms with Crippen LogP contribution in [-0.2, 0) is 17.4 Å². The molecule has 0 saturated heterocycles. The predicted molar refractivity (Wildman–Crippen MR) is 95.3 cm³/mol. The molecule has 0 aliphatic heterocycles. The van der Waals surface area contributed by atoms with E-state index < -0.39 is 12.0 Å². The van der Waals surface area contributed by atoms with Crippen LogP contribution in [0.5, 0.6) is 0 Å². The number of amides is 1. The Bertz CT molecular complexity index is 800. The summed E-state index contributed by atoms with van der Waals surface area (Å²) in [4.78, 5) is 19.9. The van der Waals surface area contributed by atoms with Gasteiger partial charge in [-0.15, -0.1) is 5.10 Å². The Balaban J connectivity index is 2.14. The van der Waals surface area contributed by atoms with Gasteiger partial charge in [-0.05, 0) is 26.2 Å². The summed E-state index contributed by atoms with van der Waals surface area (Å²) in [6.45, 7) is 8.11. The number of nitrogens with zero attached hydrogens (tertiary/aromatic N) is 4. The average molecular weight is 385 g/mol. The molecule has 0 aliphatic carbocycles. The van der Waals surface area contributed by atoms with Gasteiger partial charge in [0.15, 0.2) is 0 Å². The molecule has 1 amide bonds. The fourth-order valence-electron chi connectivity index (χ4n) is 3.01. The van der Waals surface area contributed by atoms with Crippen molar-refractivity contribution in [1.29, 1.82) is 0 Å². The number of alkyl halides is 3. The molecule has 6 nitrogen and oxygen atoms in total. The van der Waals surface area contributed by atoms with E-state index in [1.165, 1.54) is 0 Å². The number of unbranched alkanes of at least 4 members (excludes halogenated alkanes) is 1. The van der Waals surface area contributed by atoms with Gasteiger partial charge in [0.05, 0.1) is 6.42 Å². The molecule has 27 heavy (non-hydrogen) atoms. The number of aryl methyl sites for hydroxylation is 2. The largest absolute Gasteiger partial charge is 0.453 e. The summed E-state index contributed by atoms with van der Waals surface area (Å²) in [6, 6.07) is 0. The minimum absolute atomic E-state index is 0.0476. The van der Waals surface area contributed by atoms with Gasteiger partial charge < -0.3 is 5.32 Å². The molecule has 2 heterocycles. The Morgan fingerprint density at radius 3 is 2.52 bits per heavy atom. The van der Waals surface area contributed by atoms with Crippen molar-refractivity contribution < 1.29 is 18.0 Å². The van der Waals surface area contributed by atoms with Gasteiger partial charge in [-0.2, -0.15) is 18.2 Å². The zero-order valence-electron chi connectivity index (χ0n) is 16.2. The fraction of sp³-hybridized carbons (Fsp3) is 0.667. The van der Waals surface area contributed by atoms with Crippen LogP contribution in [-0.4, -0.2) is 32.0 Å². The molecule has 2 aromatic rings. The van der Waals surface area contributed by atoms with Crippen LogP contribution in [0.1, 0.15) is 62.3 Å². The molecule has 9 heteroatoms. The Hall–Kier alpha value is -2.19. The molecule has 0 aromatic carbocycles. The number of rotatable bonds is 8. The average Bonchev–Trinajstić information content (AvgIpc) is 3.03. The van der Waals surface area contributed by atoms with Gasteiger partial charge in [-0.25, -0.2) is 9.50 Å². The zero-order valence-corrected chi connectivity index (χ0v) is 16.2. The Labute approximate surface area is 156 Å². The third-order valence-electron chi connectivity index (χ3n) is 4.77. The first-order valence-corrected chi connectivity index (χ1v) is 9.24. The first-order chi connectivity index (χ1) is 12.7. The number of carbonyl (C=O) groups is 1. The van der Waals surface area contributed by atoms with Crippen LogP contribution >= 0.6 is 0 Å². The Morgan fingerprint density at radius 1 is 1.22 bits per heavy atom. The molecule has 0 saturated carbocycles. The second-order valence-corrected chi connectivity index (χ2v) is 6.80. The zero-order chi connectivity index (χ0) is 20.2. The SMILES string of the molecule is CCCCC(CC)CNC(=O)Cc1c(C)nc2nc(C(F)(F)F)nn2c1C. The maximum atomic E-state index is 12.8. The molecule has 2 rings (SSSR count). The summed E-state index contributed by atoms with van der Waals surface area (Å²) in [5, 5.41) is 6.43. The summed E-state index contributed by atoms with van der Waals surface area (Å²) in [7, 11) is 0. The van der Waals surface area contributed by atoms with Crippen molar-refractivity contribution in [2.45, 2.75) is 66.0 Å². The van der Waals surface area contributed by atoms with E-state index in [1.54, 1.807) is 13.8 Å². The van der Waals surface area contributed by atoms with E-state index in [0.717, 1.165) is 30.2 Å². The molecule has 0 fully saturated rings. The van der Waals surface area contributed by atoms with Crippen LogP contribution in [0.25, 0.3) is 5.78 Å². The normalized spacial score (nSPS) is 13.1. The third-order valence-corrected chi connectivity index (χ3v) is 4.77. The summed E-state index contributed by atoms with van der Waals surface area (Å²) >= 11 is 0. The molecular formula is C18H26F3N5O. The lowest BCUT2D eigenvalue weighted by Crippen LogP contribution is -2.31. The van der Waals surface area contributed by atoms with Crippen molar-refractivity contribution >= 4 is 11.7 Å². The van der Waals surface area contributed by atoms with Crippen LogP contribution in [0.4, 0.5) is 13.2 Å². The van der Waals surface area contributed by atoms with Crippen molar-refractivity contribution in [1.82, 2.24) is 24.9 Å². The van der Waals surface area contributed by atoms with E-state index >= 15 is 0 Å². The lowest BCUT2D eigenvalue weighted by molar-refractivity contribution is -0.144. The lowest BCUT2D eigenvalue weighted by Gasteiger charge is -2.16. The topological polar surface area (TPSA) is 72.2 Å². The number of halogens is 3. The Morgan fingerprint density at radius 2 is 1.93 bits per heavy atom. The molecule has 1 atom stereocenters. The summed E-state index contributed by atoms with van der Waals surface area (Å²) in [6.07, 6.45) is -0.290. The van der Waals surface area contributed by atoms with Gasteiger partial charge in [-0.3, -0.25) is 4.79 Å². The summed E-state index contributed by atoms with van der Waals surface area (Å²) in [5.74, 6) is -1.09. The standard InChI is InChI=1S/C18H26F3N5O/c1-5-7-8-13(6-2)10-22-15(27)9-14-11(3)23-17-24-16(18(19,20)21)25-26(17)12(14)4/h13H,5-10H2,1-4H3,(H,22,27). The molecule has 1 unspecified atom stereocenters. The van der Waals surface area contributed by atoms with Gasteiger partial charge >= 0.3 is 6.18 Å². The molecule has 0 spiro atoms. The van der Waals surface area contributed by atoms with Crippen molar-refractivity contribution in [3.63, 3.8) is 0 Å². The highest BCUT2D eigenvalue weighted by Gasteiger charge is 2.37. The number of aromatic nitrogens is 4. The molecular weight excluding hydrogens is 359 g/mol. The third kappa shape index (κ3) is 5.17. The van der Waals surface area contributed by atoms with Crippen LogP contribution in [0.3, 0.4) is 0 Å². The van der Waals surface area contributed by atoms with Crippen LogP contribution in [0.15, 0.2) is 0 Å². The molecule has 150 valence electrons. The smallest absolute Gasteiger partial charge is 0.356 e. The monoisotopic (exact) mass is 385 g/mol. The first kappa shape index (κ1) is 21.1. The maximum absolute atomic E-state index is 12.8.